The lowest BCUT2D eigenvalue weighted by Crippen LogP contribution is -2.29. The quantitative estimate of drug-likeness (QED) is 0.871. The molecule has 1 aromatic heterocycles. The summed E-state index contributed by atoms with van der Waals surface area (Å²) in [6.07, 6.45) is 4.69. The number of rotatable bonds is 6. The Morgan fingerprint density at radius 3 is 2.80 bits per heavy atom. The van der Waals surface area contributed by atoms with Crippen molar-refractivity contribution in [2.75, 3.05) is 18.1 Å². The maximum Gasteiger partial charge on any atom is 0.258 e. The van der Waals surface area contributed by atoms with E-state index >= 15 is 0 Å². The molecule has 0 unspecified atom stereocenters. The third-order valence-electron chi connectivity index (χ3n) is 3.84. The van der Waals surface area contributed by atoms with E-state index in [-0.39, 0.29) is 30.8 Å². The largest absolute Gasteiger partial charge is 0.484 e. The maximum atomic E-state index is 12.8. The Labute approximate surface area is 144 Å². The lowest BCUT2D eigenvalue weighted by molar-refractivity contribution is -0.123. The predicted octanol–water partition coefficient (Wildman–Crippen LogP) is 2.04. The molecule has 0 aliphatic carbocycles. The number of hydrogen-bond acceptors (Lipinski definition) is 4. The second-order valence-electron chi connectivity index (χ2n) is 5.72. The van der Waals surface area contributed by atoms with Crippen LogP contribution in [0.1, 0.15) is 18.4 Å². The minimum atomic E-state index is -0.360. The highest BCUT2D eigenvalue weighted by Gasteiger charge is 2.22. The monoisotopic (exact) mass is 343 g/mol. The van der Waals surface area contributed by atoms with Crippen LogP contribution in [-0.4, -0.2) is 29.9 Å². The summed E-state index contributed by atoms with van der Waals surface area (Å²) in [6, 6.07) is 7.30. The normalized spacial score (nSPS) is 13.8. The summed E-state index contributed by atoms with van der Waals surface area (Å²) in [5, 5.41) is 2.73. The molecule has 3 rings (SSSR count). The van der Waals surface area contributed by atoms with Crippen LogP contribution in [0.4, 0.5) is 10.1 Å². The van der Waals surface area contributed by atoms with Crippen LogP contribution in [0.5, 0.6) is 5.75 Å². The molecule has 2 amide bonds. The number of pyridine rings is 1. The Morgan fingerprint density at radius 1 is 1.28 bits per heavy atom. The highest BCUT2D eigenvalue weighted by molar-refractivity contribution is 5.95. The fraction of sp³-hybridized carbons (Fsp3) is 0.278. The summed E-state index contributed by atoms with van der Waals surface area (Å²) in [6.45, 7) is 0.819. The Kier molecular flexibility index (Phi) is 5.23. The Morgan fingerprint density at radius 2 is 2.08 bits per heavy atom. The summed E-state index contributed by atoms with van der Waals surface area (Å²) in [7, 11) is 0. The lowest BCUT2D eigenvalue weighted by Gasteiger charge is -2.16. The average molecular weight is 343 g/mol. The van der Waals surface area contributed by atoms with Crippen molar-refractivity contribution in [3.63, 3.8) is 0 Å². The second-order valence-corrected chi connectivity index (χ2v) is 5.72. The number of carbonyl (C=O) groups excluding carboxylic acids is 2. The zero-order valence-electron chi connectivity index (χ0n) is 13.6. The van der Waals surface area contributed by atoms with Crippen molar-refractivity contribution < 1.29 is 18.7 Å². The minimum Gasteiger partial charge on any atom is -0.484 e. The van der Waals surface area contributed by atoms with Gasteiger partial charge in [-0.1, -0.05) is 0 Å². The Hall–Kier alpha value is -2.96. The number of carbonyl (C=O) groups is 2. The number of benzene rings is 1. The van der Waals surface area contributed by atoms with Crippen LogP contribution in [0, 0.1) is 5.82 Å². The van der Waals surface area contributed by atoms with Gasteiger partial charge in [0, 0.05) is 25.7 Å². The molecule has 1 aliphatic rings. The van der Waals surface area contributed by atoms with Crippen LogP contribution in [0.3, 0.4) is 0 Å². The van der Waals surface area contributed by atoms with E-state index in [0.717, 1.165) is 17.7 Å². The van der Waals surface area contributed by atoms with Crippen molar-refractivity contribution in [1.29, 1.82) is 0 Å². The topological polar surface area (TPSA) is 71.5 Å². The number of nitrogens with one attached hydrogen (secondary N) is 1. The number of ether oxygens (including phenoxy) is 1. The summed E-state index contributed by atoms with van der Waals surface area (Å²) in [4.78, 5) is 29.5. The molecule has 7 heteroatoms. The Balaban J connectivity index is 1.50. The summed E-state index contributed by atoms with van der Waals surface area (Å²) in [5.41, 5.74) is 1.55. The molecule has 0 spiro atoms. The van der Waals surface area contributed by atoms with E-state index in [4.69, 9.17) is 4.74 Å². The van der Waals surface area contributed by atoms with Crippen molar-refractivity contribution in [2.45, 2.75) is 19.4 Å². The molecule has 6 nitrogen and oxygen atoms in total. The number of aromatic nitrogens is 1. The molecule has 1 N–H and O–H groups in total. The fourth-order valence-electron chi connectivity index (χ4n) is 2.57. The number of anilines is 1. The molecular formula is C18H18FN3O3. The van der Waals surface area contributed by atoms with Gasteiger partial charge in [-0.3, -0.25) is 14.6 Å². The number of halogens is 1. The van der Waals surface area contributed by atoms with Gasteiger partial charge in [-0.05, 0) is 42.3 Å². The highest BCUT2D eigenvalue weighted by atomic mass is 19.1. The van der Waals surface area contributed by atoms with Crippen molar-refractivity contribution >= 4 is 17.5 Å². The first-order valence-corrected chi connectivity index (χ1v) is 8.01. The molecule has 1 saturated heterocycles. The van der Waals surface area contributed by atoms with Crippen LogP contribution < -0.4 is 15.0 Å². The van der Waals surface area contributed by atoms with E-state index < -0.39 is 0 Å². The van der Waals surface area contributed by atoms with Crippen molar-refractivity contribution in [2.24, 2.45) is 0 Å². The molecule has 1 aliphatic heterocycles. The van der Waals surface area contributed by atoms with Gasteiger partial charge in [-0.2, -0.15) is 0 Å². The van der Waals surface area contributed by atoms with Crippen LogP contribution >= 0.6 is 0 Å². The first-order chi connectivity index (χ1) is 12.1. The molecule has 2 aromatic rings. The molecule has 0 bridgehead atoms. The van der Waals surface area contributed by atoms with Gasteiger partial charge in [0.25, 0.3) is 5.91 Å². The molecule has 1 aromatic carbocycles. The molecule has 0 saturated carbocycles. The molecule has 130 valence electrons. The minimum absolute atomic E-state index is 0.0932. The smallest absolute Gasteiger partial charge is 0.258 e. The molecule has 2 heterocycles. The summed E-state index contributed by atoms with van der Waals surface area (Å²) in [5.74, 6) is -0.143. The van der Waals surface area contributed by atoms with Crippen LogP contribution in [-0.2, 0) is 16.1 Å². The van der Waals surface area contributed by atoms with Crippen LogP contribution in [0.15, 0.2) is 42.7 Å². The van der Waals surface area contributed by atoms with Gasteiger partial charge in [-0.15, -0.1) is 0 Å². The Bertz CT molecular complexity index is 764. The number of amides is 2. The predicted molar refractivity (Wildman–Crippen MR) is 89.6 cm³/mol. The molecule has 25 heavy (non-hydrogen) atoms. The summed E-state index contributed by atoms with van der Waals surface area (Å²) >= 11 is 0. The molecule has 0 atom stereocenters. The lowest BCUT2D eigenvalue weighted by atomic mass is 10.2. The average Bonchev–Trinajstić information content (AvgIpc) is 3.06. The van der Waals surface area contributed by atoms with Gasteiger partial charge in [0.2, 0.25) is 5.91 Å². The third-order valence-corrected chi connectivity index (χ3v) is 3.84. The van der Waals surface area contributed by atoms with Crippen LogP contribution in [0.2, 0.25) is 0 Å². The molecule has 0 radical (unpaired) electrons. The maximum absolute atomic E-state index is 12.8. The van der Waals surface area contributed by atoms with Gasteiger partial charge in [0.05, 0.1) is 11.9 Å². The van der Waals surface area contributed by atoms with Gasteiger partial charge in [-0.25, -0.2) is 4.39 Å². The number of nitrogens with zero attached hydrogens (tertiary/aromatic N) is 2. The van der Waals surface area contributed by atoms with E-state index in [1.165, 1.54) is 24.3 Å². The van der Waals surface area contributed by atoms with E-state index in [0.29, 0.717) is 18.7 Å². The SMILES string of the molecule is O=C(COc1ccc(F)cc1)NCc1cncc(N2CCCC2=O)c1. The third kappa shape index (κ3) is 4.53. The van der Waals surface area contributed by atoms with Gasteiger partial charge in [0.1, 0.15) is 11.6 Å². The van der Waals surface area contributed by atoms with Gasteiger partial charge in [0.15, 0.2) is 6.61 Å². The zero-order chi connectivity index (χ0) is 17.6. The first-order valence-electron chi connectivity index (χ1n) is 8.01. The van der Waals surface area contributed by atoms with Gasteiger partial charge >= 0.3 is 0 Å². The van der Waals surface area contributed by atoms with Gasteiger partial charge < -0.3 is 15.0 Å². The van der Waals surface area contributed by atoms with E-state index in [1.807, 2.05) is 6.07 Å². The second kappa shape index (κ2) is 7.74. The fourth-order valence-corrected chi connectivity index (χ4v) is 2.57. The van der Waals surface area contributed by atoms with E-state index in [1.54, 1.807) is 17.3 Å². The first kappa shape index (κ1) is 16.9. The number of hydrogen-bond donors (Lipinski definition) is 1. The highest BCUT2D eigenvalue weighted by Crippen LogP contribution is 2.21. The van der Waals surface area contributed by atoms with Crippen molar-refractivity contribution in [1.82, 2.24) is 10.3 Å². The standard InChI is InChI=1S/C18H18FN3O3/c19-14-3-5-16(6-4-14)25-12-17(23)21-10-13-8-15(11-20-9-13)22-7-1-2-18(22)24/h3-6,8-9,11H,1-2,7,10,12H2,(H,21,23). The van der Waals surface area contributed by atoms with Crippen molar-refractivity contribution in [3.8, 4) is 5.75 Å². The molecule has 1 fully saturated rings. The zero-order valence-corrected chi connectivity index (χ0v) is 13.6. The van der Waals surface area contributed by atoms with E-state index in [2.05, 4.69) is 10.3 Å². The summed E-state index contributed by atoms with van der Waals surface area (Å²) < 4.78 is 18.1. The van der Waals surface area contributed by atoms with Crippen LogP contribution in [0.25, 0.3) is 0 Å². The van der Waals surface area contributed by atoms with E-state index in [9.17, 15) is 14.0 Å². The van der Waals surface area contributed by atoms with Crippen molar-refractivity contribution in [3.05, 3.63) is 54.1 Å². The molecular weight excluding hydrogens is 325 g/mol.